The maximum absolute atomic E-state index is 12.1. The number of aliphatic carboxylic acids is 1. The summed E-state index contributed by atoms with van der Waals surface area (Å²) in [7, 11) is 0. The normalized spacial score (nSPS) is 16.9. The average molecular weight is 253 g/mol. The third-order valence-corrected chi connectivity index (χ3v) is 3.47. The van der Waals surface area contributed by atoms with Crippen LogP contribution in [0.2, 0.25) is 0 Å². The molecule has 18 heavy (non-hydrogen) atoms. The zero-order valence-corrected chi connectivity index (χ0v) is 10.9. The van der Waals surface area contributed by atoms with Gasteiger partial charge in [-0.3, -0.25) is 9.59 Å². The molecule has 1 rings (SSSR count). The summed E-state index contributed by atoms with van der Waals surface area (Å²) in [6.45, 7) is 3.66. The molecule has 1 fully saturated rings. The molecule has 0 saturated heterocycles. The van der Waals surface area contributed by atoms with Crippen LogP contribution < -0.4 is 0 Å². The topological polar surface area (TPSA) is 57.6 Å². The highest BCUT2D eigenvalue weighted by molar-refractivity contribution is 5.81. The Morgan fingerprint density at radius 1 is 1.22 bits per heavy atom. The Morgan fingerprint density at radius 3 is 2.33 bits per heavy atom. The number of nitrogens with zero attached hydrogens (tertiary/aromatic N) is 1. The lowest BCUT2D eigenvalue weighted by Gasteiger charge is -2.22. The van der Waals surface area contributed by atoms with Gasteiger partial charge >= 0.3 is 5.97 Å². The maximum Gasteiger partial charge on any atom is 0.323 e. The monoisotopic (exact) mass is 253 g/mol. The molecule has 0 unspecified atom stereocenters. The van der Waals surface area contributed by atoms with Gasteiger partial charge < -0.3 is 10.0 Å². The molecule has 102 valence electrons. The quantitative estimate of drug-likeness (QED) is 0.584. The lowest BCUT2D eigenvalue weighted by molar-refractivity contribution is -0.144. The second kappa shape index (κ2) is 7.90. The molecule has 4 nitrogen and oxygen atoms in total. The molecule has 4 heteroatoms. The Hall–Kier alpha value is -1.32. The molecule has 0 aromatic heterocycles. The van der Waals surface area contributed by atoms with Crippen molar-refractivity contribution in [2.24, 2.45) is 5.92 Å². The van der Waals surface area contributed by atoms with Crippen LogP contribution in [-0.4, -0.2) is 35.0 Å². The van der Waals surface area contributed by atoms with Crippen molar-refractivity contribution in [2.45, 2.75) is 44.9 Å². The summed E-state index contributed by atoms with van der Waals surface area (Å²) < 4.78 is 0. The van der Waals surface area contributed by atoms with Gasteiger partial charge in [0, 0.05) is 13.0 Å². The fraction of sp³-hybridized carbons (Fsp3) is 0.714. The Labute approximate surface area is 109 Å². The second-order valence-corrected chi connectivity index (χ2v) is 5.02. The van der Waals surface area contributed by atoms with Crippen molar-refractivity contribution >= 4 is 11.9 Å². The van der Waals surface area contributed by atoms with Crippen LogP contribution in [0.1, 0.15) is 44.9 Å². The zero-order valence-electron chi connectivity index (χ0n) is 10.9. The first-order valence-electron chi connectivity index (χ1n) is 6.74. The molecule has 1 saturated carbocycles. The van der Waals surface area contributed by atoms with Gasteiger partial charge in [-0.2, -0.15) is 0 Å². The van der Waals surface area contributed by atoms with Gasteiger partial charge in [-0.25, -0.2) is 0 Å². The van der Waals surface area contributed by atoms with Crippen LogP contribution in [0.15, 0.2) is 12.7 Å². The van der Waals surface area contributed by atoms with E-state index in [2.05, 4.69) is 6.58 Å². The number of carboxylic acids is 1. The summed E-state index contributed by atoms with van der Waals surface area (Å²) in [5.74, 6) is -0.587. The second-order valence-electron chi connectivity index (χ2n) is 5.02. The van der Waals surface area contributed by atoms with Crippen LogP contribution in [0, 0.1) is 5.92 Å². The minimum Gasteiger partial charge on any atom is -0.480 e. The Balaban J connectivity index is 2.48. The number of carbonyl (C=O) groups excluding carboxylic acids is 1. The number of rotatable bonds is 6. The third-order valence-electron chi connectivity index (χ3n) is 3.47. The van der Waals surface area contributed by atoms with E-state index in [1.165, 1.54) is 30.6 Å². The van der Waals surface area contributed by atoms with Gasteiger partial charge in [0.25, 0.3) is 0 Å². The van der Waals surface area contributed by atoms with Gasteiger partial charge in [-0.15, -0.1) is 6.58 Å². The summed E-state index contributed by atoms with van der Waals surface area (Å²) in [4.78, 5) is 24.1. The van der Waals surface area contributed by atoms with Crippen molar-refractivity contribution in [3.05, 3.63) is 12.7 Å². The molecule has 1 N–H and O–H groups in total. The highest BCUT2D eigenvalue weighted by Crippen LogP contribution is 2.25. The highest BCUT2D eigenvalue weighted by atomic mass is 16.4. The molecule has 0 aromatic rings. The van der Waals surface area contributed by atoms with Crippen molar-refractivity contribution in [1.29, 1.82) is 0 Å². The fourth-order valence-corrected chi connectivity index (χ4v) is 2.52. The summed E-state index contributed by atoms with van der Waals surface area (Å²) in [6, 6.07) is 0. The predicted molar refractivity (Wildman–Crippen MR) is 70.2 cm³/mol. The van der Waals surface area contributed by atoms with Gasteiger partial charge in [0.1, 0.15) is 6.54 Å². The summed E-state index contributed by atoms with van der Waals surface area (Å²) in [5, 5.41) is 8.78. The summed E-state index contributed by atoms with van der Waals surface area (Å²) in [6.07, 6.45) is 9.17. The minimum absolute atomic E-state index is 0.0517. The van der Waals surface area contributed by atoms with E-state index in [1.807, 2.05) is 0 Å². The minimum atomic E-state index is -0.967. The van der Waals surface area contributed by atoms with Crippen LogP contribution in [0.5, 0.6) is 0 Å². The van der Waals surface area contributed by atoms with Gasteiger partial charge in [0.2, 0.25) is 5.91 Å². The first-order valence-corrected chi connectivity index (χ1v) is 6.74. The van der Waals surface area contributed by atoms with Crippen molar-refractivity contribution in [3.63, 3.8) is 0 Å². The molecule has 1 amide bonds. The predicted octanol–water partition coefficient (Wildman–Crippen LogP) is 2.45. The zero-order chi connectivity index (χ0) is 13.4. The van der Waals surface area contributed by atoms with Crippen LogP contribution in [-0.2, 0) is 9.59 Å². The van der Waals surface area contributed by atoms with Crippen LogP contribution in [0.25, 0.3) is 0 Å². The molecule has 0 spiro atoms. The molecule has 1 aliphatic rings. The lowest BCUT2D eigenvalue weighted by Crippen LogP contribution is -2.36. The number of amides is 1. The van der Waals surface area contributed by atoms with Crippen molar-refractivity contribution in [1.82, 2.24) is 4.90 Å². The molecular weight excluding hydrogens is 230 g/mol. The van der Waals surface area contributed by atoms with E-state index in [1.54, 1.807) is 6.08 Å². The maximum atomic E-state index is 12.1. The molecule has 0 aliphatic heterocycles. The molecule has 0 atom stereocenters. The van der Waals surface area contributed by atoms with Gasteiger partial charge in [-0.1, -0.05) is 31.8 Å². The van der Waals surface area contributed by atoms with E-state index in [0.717, 1.165) is 12.8 Å². The fourth-order valence-electron chi connectivity index (χ4n) is 2.52. The number of carboxylic acid groups (broad SMARTS) is 1. The van der Waals surface area contributed by atoms with E-state index >= 15 is 0 Å². The van der Waals surface area contributed by atoms with Crippen LogP contribution >= 0.6 is 0 Å². The standard InChI is InChI=1S/C14H23NO3/c1-2-9-15(11-14(17)18)13(16)10-12-7-5-3-4-6-8-12/h2,12H,1,3-11H2,(H,17,18). The smallest absolute Gasteiger partial charge is 0.323 e. The molecule has 0 bridgehead atoms. The molecular formula is C14H23NO3. The highest BCUT2D eigenvalue weighted by Gasteiger charge is 2.21. The van der Waals surface area contributed by atoms with Crippen LogP contribution in [0.4, 0.5) is 0 Å². The Morgan fingerprint density at radius 2 is 1.83 bits per heavy atom. The molecule has 0 heterocycles. The van der Waals surface area contributed by atoms with Gasteiger partial charge in [0.05, 0.1) is 0 Å². The van der Waals surface area contributed by atoms with E-state index in [-0.39, 0.29) is 12.5 Å². The van der Waals surface area contributed by atoms with Crippen molar-refractivity contribution in [3.8, 4) is 0 Å². The summed E-state index contributed by atoms with van der Waals surface area (Å²) >= 11 is 0. The van der Waals surface area contributed by atoms with Crippen LogP contribution in [0.3, 0.4) is 0 Å². The van der Waals surface area contributed by atoms with Crippen molar-refractivity contribution < 1.29 is 14.7 Å². The van der Waals surface area contributed by atoms with E-state index < -0.39 is 5.97 Å². The number of carbonyl (C=O) groups is 2. The van der Waals surface area contributed by atoms with Gasteiger partial charge in [-0.05, 0) is 18.8 Å². The number of hydrogen-bond donors (Lipinski definition) is 1. The Bertz CT molecular complexity index is 293. The van der Waals surface area contributed by atoms with Gasteiger partial charge in [0.15, 0.2) is 0 Å². The molecule has 0 aromatic carbocycles. The van der Waals surface area contributed by atoms with Crippen molar-refractivity contribution in [2.75, 3.05) is 13.1 Å². The SMILES string of the molecule is C=CCN(CC(=O)O)C(=O)CC1CCCCCC1. The summed E-state index contributed by atoms with van der Waals surface area (Å²) in [5.41, 5.74) is 0. The molecule has 0 radical (unpaired) electrons. The largest absolute Gasteiger partial charge is 0.480 e. The number of hydrogen-bond acceptors (Lipinski definition) is 2. The van der Waals surface area contributed by atoms with E-state index in [9.17, 15) is 9.59 Å². The average Bonchev–Trinajstić information content (AvgIpc) is 2.56. The van der Waals surface area contributed by atoms with E-state index in [0.29, 0.717) is 18.9 Å². The van der Waals surface area contributed by atoms with E-state index in [4.69, 9.17) is 5.11 Å². The third kappa shape index (κ3) is 5.34. The Kier molecular flexibility index (Phi) is 6.47. The molecule has 1 aliphatic carbocycles. The first-order chi connectivity index (χ1) is 8.63. The lowest BCUT2D eigenvalue weighted by atomic mass is 9.96. The first kappa shape index (κ1) is 14.7.